The highest BCUT2D eigenvalue weighted by molar-refractivity contribution is 7.07. The van der Waals surface area contributed by atoms with Crippen molar-refractivity contribution in [3.8, 4) is 17.2 Å². The molecule has 1 atom stereocenters. The molecular formula is C30H26N2O4S. The molecule has 6 nitrogen and oxygen atoms in total. The standard InChI is InChI=1S/C30H26N2O4S/c1-3-36-25-16-18(8-15-24(25)33)17-26-29(34)32-28(20-9-12-21(35-2)13-10-20)23-14-11-19-6-4-5-7-22(19)27(23)31-30(32)37-26/h4-10,12-13,15-17,28,33H,3,11,14H2,1-2H3/b26-17-/t28-/m1/s1. The predicted molar refractivity (Wildman–Crippen MR) is 145 cm³/mol. The number of ether oxygens (including phenoxy) is 2. The van der Waals surface area contributed by atoms with Gasteiger partial charge in [-0.25, -0.2) is 4.99 Å². The zero-order valence-electron chi connectivity index (χ0n) is 20.6. The van der Waals surface area contributed by atoms with Gasteiger partial charge in [-0.15, -0.1) is 0 Å². The maximum atomic E-state index is 13.9. The molecule has 1 aliphatic carbocycles. The van der Waals surface area contributed by atoms with Gasteiger partial charge in [0.1, 0.15) is 5.75 Å². The topological polar surface area (TPSA) is 73.0 Å². The maximum absolute atomic E-state index is 13.9. The van der Waals surface area contributed by atoms with E-state index in [-0.39, 0.29) is 17.4 Å². The zero-order valence-corrected chi connectivity index (χ0v) is 21.4. The molecule has 0 saturated carbocycles. The minimum atomic E-state index is -0.244. The zero-order chi connectivity index (χ0) is 25.5. The second-order valence-electron chi connectivity index (χ2n) is 9.05. The minimum Gasteiger partial charge on any atom is -0.504 e. The number of allylic oxidation sites excluding steroid dienone is 1. The van der Waals surface area contributed by atoms with E-state index in [4.69, 9.17) is 14.5 Å². The van der Waals surface area contributed by atoms with Gasteiger partial charge in [0.15, 0.2) is 16.3 Å². The summed E-state index contributed by atoms with van der Waals surface area (Å²) in [5.41, 5.74) is 6.27. The van der Waals surface area contributed by atoms with Gasteiger partial charge in [0.05, 0.1) is 30.0 Å². The van der Waals surface area contributed by atoms with Gasteiger partial charge in [-0.3, -0.25) is 9.36 Å². The third-order valence-electron chi connectivity index (χ3n) is 6.89. The molecule has 2 heterocycles. The van der Waals surface area contributed by atoms with Crippen LogP contribution in [-0.4, -0.2) is 23.4 Å². The van der Waals surface area contributed by atoms with Crippen molar-refractivity contribution in [2.75, 3.05) is 13.7 Å². The summed E-state index contributed by atoms with van der Waals surface area (Å²) in [7, 11) is 1.65. The van der Waals surface area contributed by atoms with E-state index < -0.39 is 0 Å². The molecule has 37 heavy (non-hydrogen) atoms. The van der Waals surface area contributed by atoms with E-state index in [2.05, 4.69) is 18.2 Å². The Hall–Kier alpha value is -4.10. The molecule has 0 radical (unpaired) electrons. The minimum absolute atomic E-state index is 0.0753. The number of hydrogen-bond donors (Lipinski definition) is 1. The molecular weight excluding hydrogens is 484 g/mol. The highest BCUT2D eigenvalue weighted by atomic mass is 32.1. The molecule has 186 valence electrons. The van der Waals surface area contributed by atoms with E-state index in [0.29, 0.717) is 21.7 Å². The molecule has 1 N–H and O–H groups in total. The molecule has 2 aliphatic rings. The molecule has 0 saturated heterocycles. The van der Waals surface area contributed by atoms with E-state index in [9.17, 15) is 9.90 Å². The smallest absolute Gasteiger partial charge is 0.271 e. The van der Waals surface area contributed by atoms with Crippen LogP contribution < -0.4 is 24.4 Å². The SMILES string of the molecule is CCOc1cc(/C=c2\sc3n(c2=O)[C@H](c2ccc(OC)cc2)C2=C(N=3)c3ccccc3CC2)ccc1O. The van der Waals surface area contributed by atoms with Crippen LogP contribution in [-0.2, 0) is 6.42 Å². The fourth-order valence-corrected chi connectivity index (χ4v) is 6.15. The van der Waals surface area contributed by atoms with Gasteiger partial charge in [0, 0.05) is 5.56 Å². The Kier molecular flexibility index (Phi) is 5.93. The van der Waals surface area contributed by atoms with Gasteiger partial charge in [-0.05, 0) is 72.4 Å². The van der Waals surface area contributed by atoms with E-state index >= 15 is 0 Å². The molecule has 0 unspecified atom stereocenters. The number of aromatic hydroxyl groups is 1. The summed E-state index contributed by atoms with van der Waals surface area (Å²) >= 11 is 1.38. The van der Waals surface area contributed by atoms with Gasteiger partial charge in [-0.1, -0.05) is 53.8 Å². The van der Waals surface area contributed by atoms with Gasteiger partial charge >= 0.3 is 0 Å². The largest absolute Gasteiger partial charge is 0.504 e. The molecule has 1 aromatic heterocycles. The number of hydrogen-bond acceptors (Lipinski definition) is 6. The van der Waals surface area contributed by atoms with Crippen molar-refractivity contribution in [1.82, 2.24) is 4.57 Å². The van der Waals surface area contributed by atoms with Crippen LogP contribution in [0.3, 0.4) is 0 Å². The quantitative estimate of drug-likeness (QED) is 0.431. The van der Waals surface area contributed by atoms with Gasteiger partial charge in [-0.2, -0.15) is 0 Å². The fourth-order valence-electron chi connectivity index (χ4n) is 5.15. The van der Waals surface area contributed by atoms with E-state index in [0.717, 1.165) is 46.6 Å². The molecule has 0 spiro atoms. The van der Waals surface area contributed by atoms with Gasteiger partial charge in [0.2, 0.25) is 0 Å². The lowest BCUT2D eigenvalue weighted by Gasteiger charge is -2.30. The first-order chi connectivity index (χ1) is 18.1. The van der Waals surface area contributed by atoms with Gasteiger partial charge in [0.25, 0.3) is 5.56 Å². The van der Waals surface area contributed by atoms with Crippen LogP contribution in [0.4, 0.5) is 0 Å². The summed E-state index contributed by atoms with van der Waals surface area (Å²) in [6, 6.07) is 21.2. The monoisotopic (exact) mass is 510 g/mol. The molecule has 3 aromatic carbocycles. The average molecular weight is 511 g/mol. The molecule has 0 bridgehead atoms. The van der Waals surface area contributed by atoms with Crippen LogP contribution in [0.5, 0.6) is 17.2 Å². The first kappa shape index (κ1) is 23.3. The Morgan fingerprint density at radius 2 is 1.92 bits per heavy atom. The summed E-state index contributed by atoms with van der Waals surface area (Å²) in [6.45, 7) is 2.30. The third-order valence-corrected chi connectivity index (χ3v) is 7.87. The second kappa shape index (κ2) is 9.41. The van der Waals surface area contributed by atoms with E-state index in [1.807, 2.05) is 47.9 Å². The number of aromatic nitrogens is 1. The number of rotatable bonds is 5. The summed E-state index contributed by atoms with van der Waals surface area (Å²) in [5.74, 6) is 1.25. The Bertz CT molecular complexity index is 1710. The summed E-state index contributed by atoms with van der Waals surface area (Å²) in [5, 5.41) is 10.1. The van der Waals surface area contributed by atoms with Crippen molar-refractivity contribution in [2.45, 2.75) is 25.8 Å². The van der Waals surface area contributed by atoms with Crippen LogP contribution in [0.15, 0.2) is 82.1 Å². The van der Waals surface area contributed by atoms with E-state index in [1.54, 1.807) is 25.3 Å². The summed E-state index contributed by atoms with van der Waals surface area (Å²) < 4.78 is 13.3. The number of phenols is 1. The second-order valence-corrected chi connectivity index (χ2v) is 10.1. The van der Waals surface area contributed by atoms with E-state index in [1.165, 1.54) is 16.9 Å². The normalized spacial score (nSPS) is 16.5. The van der Waals surface area contributed by atoms with Crippen molar-refractivity contribution < 1.29 is 14.6 Å². The number of methoxy groups -OCH3 is 1. The predicted octanol–water partition coefficient (Wildman–Crippen LogP) is 4.43. The van der Waals surface area contributed by atoms with Crippen molar-refractivity contribution >= 4 is 23.1 Å². The lowest BCUT2D eigenvalue weighted by molar-refractivity contribution is 0.318. The number of fused-ring (bicyclic) bond motifs is 3. The summed E-state index contributed by atoms with van der Waals surface area (Å²) in [6.07, 6.45) is 3.59. The third kappa shape index (κ3) is 4.05. The Morgan fingerprint density at radius 1 is 1.11 bits per heavy atom. The Labute approximate surface area is 218 Å². The molecule has 4 aromatic rings. The van der Waals surface area contributed by atoms with Crippen LogP contribution in [0, 0.1) is 0 Å². The van der Waals surface area contributed by atoms with Crippen LogP contribution in [0.1, 0.15) is 41.6 Å². The van der Waals surface area contributed by atoms with Crippen LogP contribution in [0.2, 0.25) is 0 Å². The number of thiazole rings is 1. The molecule has 0 fully saturated rings. The first-order valence-electron chi connectivity index (χ1n) is 12.3. The fraction of sp³-hybridized carbons (Fsp3) is 0.200. The molecule has 7 heteroatoms. The number of nitrogens with zero attached hydrogens (tertiary/aromatic N) is 2. The van der Waals surface area contributed by atoms with Crippen molar-refractivity contribution in [2.24, 2.45) is 4.99 Å². The highest BCUT2D eigenvalue weighted by Gasteiger charge is 2.32. The molecule has 1 aliphatic heterocycles. The van der Waals surface area contributed by atoms with Crippen molar-refractivity contribution in [3.63, 3.8) is 0 Å². The van der Waals surface area contributed by atoms with Crippen molar-refractivity contribution in [1.29, 1.82) is 0 Å². The summed E-state index contributed by atoms with van der Waals surface area (Å²) in [4.78, 5) is 19.6. The number of aryl methyl sites for hydroxylation is 1. The maximum Gasteiger partial charge on any atom is 0.271 e. The Balaban J connectivity index is 1.57. The van der Waals surface area contributed by atoms with Crippen molar-refractivity contribution in [3.05, 3.63) is 114 Å². The number of benzene rings is 3. The van der Waals surface area contributed by atoms with Crippen LogP contribution >= 0.6 is 11.3 Å². The molecule has 6 rings (SSSR count). The number of phenolic OH excluding ortho intramolecular Hbond substituents is 1. The average Bonchev–Trinajstić information content (AvgIpc) is 3.23. The Morgan fingerprint density at radius 3 is 2.70 bits per heavy atom. The van der Waals surface area contributed by atoms with Crippen LogP contribution in [0.25, 0.3) is 11.8 Å². The highest BCUT2D eigenvalue weighted by Crippen LogP contribution is 2.41. The lowest BCUT2D eigenvalue weighted by Crippen LogP contribution is -2.38. The van der Waals surface area contributed by atoms with Gasteiger partial charge < -0.3 is 14.6 Å². The lowest BCUT2D eigenvalue weighted by atomic mass is 9.83. The molecule has 0 amide bonds. The first-order valence-corrected chi connectivity index (χ1v) is 13.1.